The fraction of sp³-hybridized carbons (Fsp3) is 0.956. The minimum Gasteiger partial charge on any atom is -0.466 e. The molecule has 0 aromatic carbocycles. The van der Waals surface area contributed by atoms with Crippen LogP contribution in [0.2, 0.25) is 0 Å². The predicted molar refractivity (Wildman–Crippen MR) is 216 cm³/mol. The Balaban J connectivity index is 3.62. The van der Waals surface area contributed by atoms with E-state index in [2.05, 4.69) is 34.6 Å². The van der Waals surface area contributed by atoms with E-state index in [9.17, 15) is 9.59 Å². The van der Waals surface area contributed by atoms with Gasteiger partial charge in [0.05, 0.1) is 25.9 Å². The van der Waals surface area contributed by atoms with Gasteiger partial charge in [0.2, 0.25) is 0 Å². The van der Waals surface area contributed by atoms with Gasteiger partial charge >= 0.3 is 11.9 Å². The second-order valence-electron chi connectivity index (χ2n) is 15.5. The van der Waals surface area contributed by atoms with Crippen LogP contribution in [0.5, 0.6) is 0 Å². The second-order valence-corrected chi connectivity index (χ2v) is 15.5. The number of carbonyl (C=O) groups excluding carboxylic acids is 2. The highest BCUT2D eigenvalue weighted by Crippen LogP contribution is 2.22. The number of rotatable bonds is 41. The molecule has 0 aromatic heterocycles. The van der Waals surface area contributed by atoms with Crippen LogP contribution >= 0.6 is 0 Å². The lowest BCUT2D eigenvalue weighted by Crippen LogP contribution is -2.17. The number of hydrogen-bond acceptors (Lipinski definition) is 6. The van der Waals surface area contributed by atoms with Crippen LogP contribution in [0.25, 0.3) is 0 Å². The molecule has 0 saturated heterocycles. The zero-order chi connectivity index (χ0) is 37.5. The standard InChI is InChI=1S/C45H88O6/c1-6-10-20-28-42(29-21-11-7-2)34-38-50-44(46)32-24-16-14-18-26-36-48-40-41(5)49-37-27-19-15-17-25-33-45(47)51-39-35-43(30-22-12-8-3)31-23-13-9-4/h41-43H,6-40H2,1-5H3. The van der Waals surface area contributed by atoms with Crippen molar-refractivity contribution in [2.75, 3.05) is 33.0 Å². The Hall–Kier alpha value is -1.14. The molecule has 0 amide bonds. The third-order valence-corrected chi connectivity index (χ3v) is 10.4. The van der Waals surface area contributed by atoms with Crippen molar-refractivity contribution >= 4 is 11.9 Å². The van der Waals surface area contributed by atoms with Crippen LogP contribution in [0.1, 0.15) is 227 Å². The van der Waals surface area contributed by atoms with Crippen LogP contribution < -0.4 is 0 Å². The first-order valence-corrected chi connectivity index (χ1v) is 22.5. The van der Waals surface area contributed by atoms with Crippen LogP contribution in [0.3, 0.4) is 0 Å². The summed E-state index contributed by atoms with van der Waals surface area (Å²) in [4.78, 5) is 24.4. The van der Waals surface area contributed by atoms with E-state index >= 15 is 0 Å². The van der Waals surface area contributed by atoms with Crippen LogP contribution in [0, 0.1) is 11.8 Å². The first-order valence-electron chi connectivity index (χ1n) is 22.5. The first-order chi connectivity index (χ1) is 25.0. The molecule has 1 atom stereocenters. The number of esters is 2. The second kappa shape index (κ2) is 40.1. The summed E-state index contributed by atoms with van der Waals surface area (Å²) in [5, 5.41) is 0. The van der Waals surface area contributed by atoms with Crippen LogP contribution in [0.4, 0.5) is 0 Å². The number of carbonyl (C=O) groups is 2. The Bertz CT molecular complexity index is 707. The quantitative estimate of drug-likeness (QED) is 0.0462. The summed E-state index contributed by atoms with van der Waals surface area (Å²) in [6.07, 6.45) is 34.6. The van der Waals surface area contributed by atoms with E-state index in [-0.39, 0.29) is 18.0 Å². The first kappa shape index (κ1) is 49.9. The van der Waals surface area contributed by atoms with Crippen molar-refractivity contribution in [1.29, 1.82) is 0 Å². The van der Waals surface area contributed by atoms with Crippen molar-refractivity contribution in [1.82, 2.24) is 0 Å². The molecule has 6 nitrogen and oxygen atoms in total. The molecule has 0 aliphatic rings. The summed E-state index contributed by atoms with van der Waals surface area (Å²) in [5.74, 6) is 1.39. The van der Waals surface area contributed by atoms with Crippen molar-refractivity contribution in [2.45, 2.75) is 233 Å². The third kappa shape index (κ3) is 37.0. The minimum atomic E-state index is -0.0186. The van der Waals surface area contributed by atoms with Gasteiger partial charge in [-0.25, -0.2) is 0 Å². The van der Waals surface area contributed by atoms with Gasteiger partial charge in [-0.05, 0) is 57.3 Å². The summed E-state index contributed by atoms with van der Waals surface area (Å²) < 4.78 is 22.9. The van der Waals surface area contributed by atoms with Gasteiger partial charge in [-0.2, -0.15) is 0 Å². The maximum Gasteiger partial charge on any atom is 0.305 e. The Kier molecular flexibility index (Phi) is 39.2. The molecule has 6 heteroatoms. The summed E-state index contributed by atoms with van der Waals surface area (Å²) >= 11 is 0. The molecule has 0 aromatic rings. The van der Waals surface area contributed by atoms with Crippen molar-refractivity contribution in [2.24, 2.45) is 11.8 Å². The molecule has 1 unspecified atom stereocenters. The summed E-state index contributed by atoms with van der Waals surface area (Å²) in [7, 11) is 0. The molecular weight excluding hydrogens is 636 g/mol. The van der Waals surface area contributed by atoms with Gasteiger partial charge in [-0.3, -0.25) is 9.59 Å². The van der Waals surface area contributed by atoms with E-state index in [1.54, 1.807) is 0 Å². The van der Waals surface area contributed by atoms with Gasteiger partial charge in [0.25, 0.3) is 0 Å². The molecule has 0 rings (SSSR count). The van der Waals surface area contributed by atoms with E-state index in [0.29, 0.717) is 44.5 Å². The highest BCUT2D eigenvalue weighted by molar-refractivity contribution is 5.69. The SMILES string of the molecule is CCCCCC(CCCCC)CCOC(=O)CCCCCCCOCC(C)OCCCCCCCC(=O)OCCC(CCCCC)CCCCC. The lowest BCUT2D eigenvalue weighted by molar-refractivity contribution is -0.145. The van der Waals surface area contributed by atoms with E-state index < -0.39 is 0 Å². The lowest BCUT2D eigenvalue weighted by Gasteiger charge is -2.16. The van der Waals surface area contributed by atoms with Crippen LogP contribution in [0.15, 0.2) is 0 Å². The van der Waals surface area contributed by atoms with Gasteiger partial charge < -0.3 is 18.9 Å². The van der Waals surface area contributed by atoms with Gasteiger partial charge in [-0.15, -0.1) is 0 Å². The van der Waals surface area contributed by atoms with Crippen LogP contribution in [-0.4, -0.2) is 51.1 Å². The normalized spacial score (nSPS) is 12.2. The number of unbranched alkanes of at least 4 members (excludes halogenated alkanes) is 16. The van der Waals surface area contributed by atoms with Gasteiger partial charge in [0.15, 0.2) is 0 Å². The molecule has 51 heavy (non-hydrogen) atoms. The lowest BCUT2D eigenvalue weighted by atomic mass is 9.92. The third-order valence-electron chi connectivity index (χ3n) is 10.4. The van der Waals surface area contributed by atoms with E-state index in [0.717, 1.165) is 90.3 Å². The van der Waals surface area contributed by atoms with E-state index in [4.69, 9.17) is 18.9 Å². The molecule has 0 heterocycles. The topological polar surface area (TPSA) is 71.1 Å². The van der Waals surface area contributed by atoms with Crippen molar-refractivity contribution in [3.05, 3.63) is 0 Å². The summed E-state index contributed by atoms with van der Waals surface area (Å²) in [5.41, 5.74) is 0. The molecule has 0 saturated carbocycles. The highest BCUT2D eigenvalue weighted by atomic mass is 16.5. The Morgan fingerprint density at radius 2 is 0.784 bits per heavy atom. The van der Waals surface area contributed by atoms with Gasteiger partial charge in [-0.1, -0.05) is 169 Å². The average Bonchev–Trinajstić information content (AvgIpc) is 3.12. The van der Waals surface area contributed by atoms with Gasteiger partial charge in [0.1, 0.15) is 0 Å². The Morgan fingerprint density at radius 3 is 1.20 bits per heavy atom. The van der Waals surface area contributed by atoms with Crippen molar-refractivity contribution in [3.63, 3.8) is 0 Å². The monoisotopic (exact) mass is 725 g/mol. The average molecular weight is 725 g/mol. The molecule has 0 fully saturated rings. The predicted octanol–water partition coefficient (Wildman–Crippen LogP) is 13.5. The molecule has 0 N–H and O–H groups in total. The molecule has 0 aliphatic carbocycles. The highest BCUT2D eigenvalue weighted by Gasteiger charge is 2.12. The fourth-order valence-electron chi connectivity index (χ4n) is 6.91. The minimum absolute atomic E-state index is 0.0185. The maximum atomic E-state index is 12.2. The van der Waals surface area contributed by atoms with Gasteiger partial charge in [0, 0.05) is 26.1 Å². The Morgan fingerprint density at radius 1 is 0.412 bits per heavy atom. The molecule has 0 aliphatic heterocycles. The van der Waals surface area contributed by atoms with Crippen molar-refractivity contribution in [3.8, 4) is 0 Å². The van der Waals surface area contributed by atoms with E-state index in [1.807, 2.05) is 0 Å². The van der Waals surface area contributed by atoms with Crippen LogP contribution in [-0.2, 0) is 28.5 Å². The molecular formula is C45H88O6. The molecule has 0 spiro atoms. The molecule has 304 valence electrons. The zero-order valence-corrected chi connectivity index (χ0v) is 34.9. The van der Waals surface area contributed by atoms with Crippen molar-refractivity contribution < 1.29 is 28.5 Å². The fourth-order valence-corrected chi connectivity index (χ4v) is 6.91. The summed E-state index contributed by atoms with van der Waals surface area (Å²) in [6, 6.07) is 0. The van der Waals surface area contributed by atoms with E-state index in [1.165, 1.54) is 103 Å². The molecule has 0 bridgehead atoms. The Labute approximate surface area is 318 Å². The largest absolute Gasteiger partial charge is 0.466 e. The maximum absolute atomic E-state index is 12.2. The summed E-state index contributed by atoms with van der Waals surface area (Å²) in [6.45, 7) is 14.5. The number of hydrogen-bond donors (Lipinski definition) is 0. The molecule has 0 radical (unpaired) electrons. The number of ether oxygens (including phenoxy) is 4. The zero-order valence-electron chi connectivity index (χ0n) is 34.9. The smallest absolute Gasteiger partial charge is 0.305 e.